The van der Waals surface area contributed by atoms with Crippen LogP contribution in [0, 0.1) is 25.6 Å². The first kappa shape index (κ1) is 29.7. The van der Waals surface area contributed by atoms with Gasteiger partial charge in [0.2, 0.25) is 11.8 Å². The molecule has 15 nitrogen and oxygen atoms in total. The normalized spacial score (nSPS) is 24.8. The highest BCUT2D eigenvalue weighted by Crippen LogP contribution is 2.34. The number of carbonyl (C=O) groups excluding carboxylic acids is 5. The monoisotopic (exact) mass is 822 g/mol. The molecule has 4 aliphatic heterocycles. The van der Waals surface area contributed by atoms with Gasteiger partial charge in [0.15, 0.2) is 5.13 Å². The molecule has 0 saturated carbocycles. The number of rotatable bonds is 9. The molecule has 296 valence electrons. The molecular formula is C39H40ClFN10O5S. The minimum atomic E-state index is -3.42. The highest BCUT2D eigenvalue weighted by Gasteiger charge is 2.46. The van der Waals surface area contributed by atoms with Gasteiger partial charge in [-0.3, -0.25) is 39.1 Å². The molecule has 6 heterocycles. The van der Waals surface area contributed by atoms with Gasteiger partial charge in [-0.1, -0.05) is 35.1 Å². The molecule has 0 bridgehead atoms. The summed E-state index contributed by atoms with van der Waals surface area (Å²) in [6, 6.07) is 6.82. The molecule has 4 aromatic rings. The molecule has 1 unspecified atom stereocenters. The van der Waals surface area contributed by atoms with E-state index in [-0.39, 0.29) is 17.7 Å². The summed E-state index contributed by atoms with van der Waals surface area (Å²) in [6.07, 6.45) is 1.67. The lowest BCUT2D eigenvalue weighted by molar-refractivity contribution is -0.136. The van der Waals surface area contributed by atoms with Gasteiger partial charge < -0.3 is 20.4 Å². The van der Waals surface area contributed by atoms with Crippen molar-refractivity contribution in [1.29, 1.82) is 0 Å². The van der Waals surface area contributed by atoms with E-state index in [1.54, 1.807) is 25.1 Å². The third-order valence-electron chi connectivity index (χ3n) is 9.96. The van der Waals surface area contributed by atoms with E-state index >= 15 is 4.39 Å². The summed E-state index contributed by atoms with van der Waals surface area (Å²) in [5.41, 5.74) is -0.924. The molecule has 0 aliphatic carbocycles. The molecule has 0 radical (unpaired) electrons. The van der Waals surface area contributed by atoms with E-state index in [4.69, 9.17) is 22.6 Å². The molecule has 18 heteroatoms. The topological polar surface area (TPSA) is 173 Å². The van der Waals surface area contributed by atoms with Gasteiger partial charge in [-0.2, -0.15) is 0 Å². The van der Waals surface area contributed by atoms with Crippen molar-refractivity contribution in [3.63, 3.8) is 0 Å². The molecule has 57 heavy (non-hydrogen) atoms. The van der Waals surface area contributed by atoms with Crippen LogP contribution in [0.15, 0.2) is 42.6 Å². The number of piperidine rings is 2. The summed E-state index contributed by atoms with van der Waals surface area (Å²) in [5, 5.41) is 8.74. The molecular weight excluding hydrogens is 775 g/mol. The molecule has 2 aromatic heterocycles. The average molecular weight is 823 g/mol. The number of fused-ring (bicyclic) bond motifs is 1. The maximum absolute atomic E-state index is 15.9. The number of carbonyl (C=O) groups is 5. The number of halogens is 2. The van der Waals surface area contributed by atoms with E-state index in [2.05, 4.69) is 25.6 Å². The number of imide groups is 2. The number of benzene rings is 2. The van der Waals surface area contributed by atoms with Gasteiger partial charge in [-0.15, -0.1) is 0 Å². The van der Waals surface area contributed by atoms with E-state index in [9.17, 15) is 24.0 Å². The molecule has 0 spiro atoms. The Morgan fingerprint density at radius 1 is 1.02 bits per heavy atom. The minimum absolute atomic E-state index is 0.112. The van der Waals surface area contributed by atoms with Crippen LogP contribution < -0.4 is 25.8 Å². The largest absolute Gasteiger partial charge is 0.369 e. The Balaban J connectivity index is 0.959. The zero-order valence-corrected chi connectivity index (χ0v) is 32.1. The Bertz CT molecular complexity index is 2620. The number of aromatic nitrogens is 3. The number of amides is 5. The molecule has 3 N–H and O–H groups in total. The van der Waals surface area contributed by atoms with Gasteiger partial charge in [0, 0.05) is 69.3 Å². The van der Waals surface area contributed by atoms with Crippen LogP contribution in [0.5, 0.6) is 0 Å². The fourth-order valence-corrected chi connectivity index (χ4v) is 8.04. The SMILES string of the molecule is [2H]C1([2H])N(CC2CCN(c3cc(Nc4ncc(C(=O)Nc5c(C)cccc5Cl)s4)nc(C)n3)CC2)C([2H])([2H])C([2H])([2H])N(c2cc(F)c3c(c2)C(=O)N(C2CCC(=O)NC2=O)C3=O)C1([2H])[2H]. The van der Waals surface area contributed by atoms with Gasteiger partial charge in [-0.25, -0.2) is 19.3 Å². The number of piperazine rings is 1. The Morgan fingerprint density at radius 2 is 1.79 bits per heavy atom. The summed E-state index contributed by atoms with van der Waals surface area (Å²) in [6.45, 7) is -9.58. The summed E-state index contributed by atoms with van der Waals surface area (Å²) in [5.74, 6) is -4.88. The van der Waals surface area contributed by atoms with Crippen molar-refractivity contribution < 1.29 is 39.3 Å². The quantitative estimate of drug-likeness (QED) is 0.198. The smallest absolute Gasteiger partial charge is 0.267 e. The second kappa shape index (κ2) is 15.8. The number of hydrogen-bond acceptors (Lipinski definition) is 13. The summed E-state index contributed by atoms with van der Waals surface area (Å²) >= 11 is 7.38. The molecule has 2 aromatic carbocycles. The van der Waals surface area contributed by atoms with E-state index in [1.807, 2.05) is 23.2 Å². The Labute approximate surface area is 347 Å². The van der Waals surface area contributed by atoms with E-state index in [0.717, 1.165) is 23.0 Å². The summed E-state index contributed by atoms with van der Waals surface area (Å²) < 4.78 is 87.9. The van der Waals surface area contributed by atoms with Crippen molar-refractivity contribution in [2.45, 2.75) is 45.6 Å². The van der Waals surface area contributed by atoms with Crippen molar-refractivity contribution in [1.82, 2.24) is 30.1 Å². The first-order chi connectivity index (χ1) is 30.4. The third kappa shape index (κ3) is 7.91. The number of para-hydroxylation sites is 1. The van der Waals surface area contributed by atoms with E-state index in [0.29, 0.717) is 80.0 Å². The summed E-state index contributed by atoms with van der Waals surface area (Å²) in [7, 11) is 0. The standard InChI is InChI=1S/C39H40ClFN10O5S/c1-21-4-3-5-26(40)34(21)47-36(54)29-19-42-39(57-29)45-30-18-31(44-22(2)43-30)50-10-8-23(9-11-50)20-48-12-14-49(15-13-48)24-16-25-33(27(41)17-24)38(56)51(37(25)55)28-6-7-32(52)46-35(28)53/h3-5,16-19,23,28H,6-15,20H2,1-2H3,(H,47,54)(H,46,52,53)(H,42,43,44,45)/i12D2,13D2,14D2,15D2. The second-order valence-corrected chi connectivity index (χ2v) is 15.3. The van der Waals surface area contributed by atoms with Gasteiger partial charge >= 0.3 is 0 Å². The molecule has 5 amide bonds. The van der Waals surface area contributed by atoms with Crippen LogP contribution in [0.25, 0.3) is 0 Å². The van der Waals surface area contributed by atoms with Gasteiger partial charge in [0.1, 0.15) is 34.2 Å². The Morgan fingerprint density at radius 3 is 2.53 bits per heavy atom. The first-order valence-corrected chi connectivity index (χ1v) is 19.2. The van der Waals surface area contributed by atoms with Crippen molar-refractivity contribution in [2.75, 3.05) is 66.1 Å². The van der Waals surface area contributed by atoms with Crippen molar-refractivity contribution >= 4 is 80.6 Å². The lowest BCUT2D eigenvalue weighted by Crippen LogP contribution is -2.54. The average Bonchev–Trinajstić information content (AvgIpc) is 3.79. The van der Waals surface area contributed by atoms with Crippen molar-refractivity contribution in [2.24, 2.45) is 5.92 Å². The predicted octanol–water partition coefficient (Wildman–Crippen LogP) is 4.78. The van der Waals surface area contributed by atoms with Crippen LogP contribution in [0.3, 0.4) is 0 Å². The minimum Gasteiger partial charge on any atom is -0.369 e. The number of nitrogens with zero attached hydrogens (tertiary/aromatic N) is 7. The summed E-state index contributed by atoms with van der Waals surface area (Å²) in [4.78, 5) is 80.8. The van der Waals surface area contributed by atoms with E-state index in [1.165, 1.54) is 6.20 Å². The number of thiazole rings is 1. The molecule has 8 rings (SSSR count). The number of anilines is 5. The lowest BCUT2D eigenvalue weighted by Gasteiger charge is -2.40. The van der Waals surface area contributed by atoms with E-state index < -0.39 is 96.7 Å². The second-order valence-electron chi connectivity index (χ2n) is 13.8. The zero-order chi connectivity index (χ0) is 47.1. The molecule has 3 fully saturated rings. The fraction of sp³-hybridized carbons (Fsp3) is 0.385. The maximum atomic E-state index is 15.9. The first-order valence-electron chi connectivity index (χ1n) is 22.0. The maximum Gasteiger partial charge on any atom is 0.267 e. The van der Waals surface area contributed by atoms with Crippen LogP contribution in [0.4, 0.5) is 32.5 Å². The van der Waals surface area contributed by atoms with Crippen molar-refractivity contribution in [3.05, 3.63) is 80.8 Å². The molecule has 1 atom stereocenters. The molecule has 4 aliphatic rings. The molecule has 3 saturated heterocycles. The zero-order valence-electron chi connectivity index (χ0n) is 38.5. The van der Waals surface area contributed by atoms with Gasteiger partial charge in [0.05, 0.1) is 33.5 Å². The van der Waals surface area contributed by atoms with Crippen LogP contribution in [-0.4, -0.2) is 106 Å². The fourth-order valence-electron chi connectivity index (χ4n) is 7.05. The number of aryl methyl sites for hydroxylation is 2. The van der Waals surface area contributed by atoms with Crippen molar-refractivity contribution in [3.8, 4) is 0 Å². The van der Waals surface area contributed by atoms with Gasteiger partial charge in [-0.05, 0) is 62.8 Å². The number of nitrogens with one attached hydrogen (secondary N) is 3. The van der Waals surface area contributed by atoms with Crippen LogP contribution in [0.1, 0.15) is 78.4 Å². The number of hydrogen-bond donors (Lipinski definition) is 3. The Hall–Kier alpha value is -5.52. The van der Waals surface area contributed by atoms with Crippen LogP contribution >= 0.6 is 22.9 Å². The Kier molecular flexibility index (Phi) is 8.22. The third-order valence-corrected chi connectivity index (χ3v) is 11.2. The highest BCUT2D eigenvalue weighted by molar-refractivity contribution is 7.17. The van der Waals surface area contributed by atoms with Crippen LogP contribution in [-0.2, 0) is 9.59 Å². The lowest BCUT2D eigenvalue weighted by atomic mass is 9.96. The van der Waals surface area contributed by atoms with Gasteiger partial charge in [0.25, 0.3) is 17.7 Å². The van der Waals surface area contributed by atoms with Crippen LogP contribution in [0.2, 0.25) is 5.02 Å². The highest BCUT2D eigenvalue weighted by atomic mass is 35.5. The predicted molar refractivity (Wildman–Crippen MR) is 213 cm³/mol.